The van der Waals surface area contributed by atoms with Gasteiger partial charge >= 0.3 is 29.9 Å². The van der Waals surface area contributed by atoms with Gasteiger partial charge in [0, 0.05) is 41.7 Å². The Hall–Kier alpha value is -3.22. The van der Waals surface area contributed by atoms with Gasteiger partial charge in [0.15, 0.2) is 12.2 Å². The first-order valence-corrected chi connectivity index (χ1v) is 9.18. The summed E-state index contributed by atoms with van der Waals surface area (Å²) in [5, 5.41) is 2.39. The van der Waals surface area contributed by atoms with Crippen LogP contribution < -0.4 is 5.32 Å². The quantitative estimate of drug-likeness (QED) is 0.403. The molecule has 13 nitrogen and oxygen atoms in total. The third-order valence-electron chi connectivity index (χ3n) is 4.05. The highest BCUT2D eigenvalue weighted by atomic mass is 16.7. The number of hydrogen-bond acceptors (Lipinski definition) is 11. The minimum atomic E-state index is -1.53. The van der Waals surface area contributed by atoms with Gasteiger partial charge in [0.25, 0.3) is 0 Å². The maximum Gasteiger partial charge on any atom is 0.324 e. The molecule has 0 spiro atoms. The molecule has 1 aliphatic heterocycles. The zero-order valence-electron chi connectivity index (χ0n) is 18.0. The van der Waals surface area contributed by atoms with Crippen molar-refractivity contribution >= 4 is 35.8 Å². The van der Waals surface area contributed by atoms with Gasteiger partial charge in [-0.2, -0.15) is 0 Å². The summed E-state index contributed by atoms with van der Waals surface area (Å²) in [7, 11) is 1.19. The number of hydrogen-bond donors (Lipinski definition) is 1. The van der Waals surface area contributed by atoms with Crippen molar-refractivity contribution in [2.24, 2.45) is 0 Å². The number of esters is 4. The van der Waals surface area contributed by atoms with Crippen molar-refractivity contribution in [1.82, 2.24) is 10.2 Å². The smallest absolute Gasteiger partial charge is 0.324 e. The minimum absolute atomic E-state index is 0.434. The lowest BCUT2D eigenvalue weighted by Crippen LogP contribution is -2.67. The zero-order valence-corrected chi connectivity index (χ0v) is 18.0. The predicted molar refractivity (Wildman–Crippen MR) is 98.9 cm³/mol. The van der Waals surface area contributed by atoms with E-state index in [4.69, 9.17) is 23.7 Å². The van der Waals surface area contributed by atoms with Crippen molar-refractivity contribution in [2.75, 3.05) is 13.7 Å². The van der Waals surface area contributed by atoms with Crippen LogP contribution in [0.3, 0.4) is 0 Å². The number of carbonyl (C=O) groups is 6. The Labute approximate surface area is 178 Å². The third-order valence-corrected chi connectivity index (χ3v) is 4.05. The van der Waals surface area contributed by atoms with Crippen LogP contribution in [0.2, 0.25) is 0 Å². The van der Waals surface area contributed by atoms with Crippen LogP contribution in [0.4, 0.5) is 4.79 Å². The van der Waals surface area contributed by atoms with E-state index >= 15 is 0 Å². The molecular formula is C18H26N2O11. The van der Waals surface area contributed by atoms with Crippen LogP contribution in [0.15, 0.2) is 0 Å². The van der Waals surface area contributed by atoms with Crippen molar-refractivity contribution in [3.05, 3.63) is 0 Å². The second-order valence-electron chi connectivity index (χ2n) is 6.66. The molecule has 0 aromatic heterocycles. The molecule has 0 aliphatic carbocycles. The molecule has 0 unspecified atom stereocenters. The zero-order chi connectivity index (χ0) is 23.9. The molecule has 13 heteroatoms. The molecule has 0 bridgehead atoms. The maximum atomic E-state index is 12.4. The standard InChI is InChI=1S/C18H26N2O11/c1-8(21)20(6)18(26)19-14-16(29-11(4)24)15(28-10(3)23)13(7-27-9(2)22)31-17(14)30-12(5)25/h13-17H,7H2,1-6H3,(H,19,26)/t13-,14-,15-,16-,17-/m1/s1. The highest BCUT2D eigenvalue weighted by Gasteiger charge is 2.52. The number of rotatable bonds is 6. The Morgan fingerprint density at radius 1 is 0.806 bits per heavy atom. The summed E-state index contributed by atoms with van der Waals surface area (Å²) in [6.07, 6.45) is -5.50. The summed E-state index contributed by atoms with van der Waals surface area (Å²) in [4.78, 5) is 70.9. The predicted octanol–water partition coefficient (Wildman–Crippen LogP) is -0.743. The summed E-state index contributed by atoms with van der Waals surface area (Å²) in [6.45, 7) is 5.07. The molecule has 3 amide bonds. The lowest BCUT2D eigenvalue weighted by Gasteiger charge is -2.44. The van der Waals surface area contributed by atoms with Crippen LogP contribution in [-0.4, -0.2) is 85.0 Å². The van der Waals surface area contributed by atoms with Gasteiger partial charge < -0.3 is 29.0 Å². The second-order valence-corrected chi connectivity index (χ2v) is 6.66. The first-order chi connectivity index (χ1) is 14.3. The number of amides is 3. The molecule has 1 rings (SSSR count). The number of nitrogens with zero attached hydrogens (tertiary/aromatic N) is 1. The number of ether oxygens (including phenoxy) is 5. The Morgan fingerprint density at radius 3 is 1.77 bits per heavy atom. The Kier molecular flexibility index (Phi) is 9.37. The largest absolute Gasteiger partial charge is 0.463 e. The first-order valence-electron chi connectivity index (χ1n) is 9.18. The fourth-order valence-corrected chi connectivity index (χ4v) is 2.70. The Bertz CT molecular complexity index is 738. The van der Waals surface area contributed by atoms with E-state index in [0.29, 0.717) is 0 Å². The fourth-order valence-electron chi connectivity index (χ4n) is 2.70. The molecule has 0 radical (unpaired) electrons. The van der Waals surface area contributed by atoms with Crippen molar-refractivity contribution in [3.8, 4) is 0 Å². The van der Waals surface area contributed by atoms with Gasteiger partial charge in [0.05, 0.1) is 0 Å². The van der Waals surface area contributed by atoms with Crippen LogP contribution in [0, 0.1) is 0 Å². The van der Waals surface area contributed by atoms with Gasteiger partial charge in [-0.05, 0) is 0 Å². The van der Waals surface area contributed by atoms with Crippen LogP contribution >= 0.6 is 0 Å². The third kappa shape index (κ3) is 7.85. The Balaban J connectivity index is 3.39. The number of urea groups is 1. The van der Waals surface area contributed by atoms with E-state index in [9.17, 15) is 28.8 Å². The van der Waals surface area contributed by atoms with E-state index in [2.05, 4.69) is 5.32 Å². The van der Waals surface area contributed by atoms with Crippen molar-refractivity contribution < 1.29 is 52.5 Å². The first kappa shape index (κ1) is 25.8. The molecule has 5 atom stereocenters. The summed E-state index contributed by atoms with van der Waals surface area (Å²) in [5.41, 5.74) is 0. The van der Waals surface area contributed by atoms with E-state index in [1.807, 2.05) is 0 Å². The lowest BCUT2D eigenvalue weighted by atomic mass is 9.96. The van der Waals surface area contributed by atoms with E-state index in [0.717, 1.165) is 39.5 Å². The topological polar surface area (TPSA) is 164 Å². The molecule has 31 heavy (non-hydrogen) atoms. The van der Waals surface area contributed by atoms with Crippen molar-refractivity contribution in [1.29, 1.82) is 0 Å². The highest BCUT2D eigenvalue weighted by molar-refractivity contribution is 5.93. The van der Waals surface area contributed by atoms with Crippen LogP contribution in [0.5, 0.6) is 0 Å². The minimum Gasteiger partial charge on any atom is -0.463 e. The van der Waals surface area contributed by atoms with Crippen molar-refractivity contribution in [3.63, 3.8) is 0 Å². The van der Waals surface area contributed by atoms with E-state index in [-0.39, 0.29) is 0 Å². The van der Waals surface area contributed by atoms with E-state index in [1.54, 1.807) is 0 Å². The molecule has 1 heterocycles. The molecule has 1 saturated heterocycles. The van der Waals surface area contributed by atoms with E-state index in [1.165, 1.54) is 7.05 Å². The van der Waals surface area contributed by atoms with Gasteiger partial charge in [-0.25, -0.2) is 4.79 Å². The monoisotopic (exact) mass is 446 g/mol. The Morgan fingerprint density at radius 2 is 1.32 bits per heavy atom. The lowest BCUT2D eigenvalue weighted by molar-refractivity contribution is -0.270. The molecule has 1 aliphatic rings. The SMILES string of the molecule is CC(=O)OC[C@H]1O[C@@H](OC(C)=O)[C@H](NC(=O)N(C)C(C)=O)[C@@H](OC(C)=O)[C@@H]1OC(C)=O. The number of imide groups is 1. The van der Waals surface area contributed by atoms with Gasteiger partial charge in [0.1, 0.15) is 18.8 Å². The van der Waals surface area contributed by atoms with Crippen LogP contribution in [-0.2, 0) is 47.7 Å². The molecule has 0 aromatic rings. The maximum absolute atomic E-state index is 12.4. The summed E-state index contributed by atoms with van der Waals surface area (Å²) in [6, 6.07) is -2.30. The van der Waals surface area contributed by atoms with E-state index < -0.39 is 73.1 Å². The van der Waals surface area contributed by atoms with Gasteiger partial charge in [-0.15, -0.1) is 0 Å². The number of carbonyl (C=O) groups excluding carboxylic acids is 6. The number of nitrogens with one attached hydrogen (secondary N) is 1. The second kappa shape index (κ2) is 11.2. The average Bonchev–Trinajstić information content (AvgIpc) is 2.62. The van der Waals surface area contributed by atoms with Gasteiger partial charge in [-0.1, -0.05) is 0 Å². The normalized spacial score (nSPS) is 24.9. The van der Waals surface area contributed by atoms with Crippen LogP contribution in [0.25, 0.3) is 0 Å². The average molecular weight is 446 g/mol. The molecule has 1 N–H and O–H groups in total. The fraction of sp³-hybridized carbons (Fsp3) is 0.667. The molecule has 0 aromatic carbocycles. The highest BCUT2D eigenvalue weighted by Crippen LogP contribution is 2.28. The molecular weight excluding hydrogens is 420 g/mol. The van der Waals surface area contributed by atoms with Crippen LogP contribution in [0.1, 0.15) is 34.6 Å². The van der Waals surface area contributed by atoms with Crippen molar-refractivity contribution in [2.45, 2.75) is 65.3 Å². The molecule has 1 fully saturated rings. The summed E-state index contributed by atoms with van der Waals surface area (Å²) < 4.78 is 26.1. The summed E-state index contributed by atoms with van der Waals surface area (Å²) >= 11 is 0. The van der Waals surface area contributed by atoms with Gasteiger partial charge in [0.2, 0.25) is 12.2 Å². The molecule has 174 valence electrons. The summed E-state index contributed by atoms with van der Waals surface area (Å²) in [5.74, 6) is -3.67. The molecule has 0 saturated carbocycles. The van der Waals surface area contributed by atoms with Gasteiger partial charge in [-0.3, -0.25) is 28.9 Å².